The number of hydrogen-bond acceptors (Lipinski definition) is 4. The van der Waals surface area contributed by atoms with Gasteiger partial charge in [-0.05, 0) is 13.0 Å². The lowest BCUT2D eigenvalue weighted by molar-refractivity contribution is 0.0595. The van der Waals surface area contributed by atoms with Gasteiger partial charge in [0.25, 0.3) is 0 Å². The van der Waals surface area contributed by atoms with Gasteiger partial charge in [-0.1, -0.05) is 0 Å². The molecule has 0 unspecified atom stereocenters. The molecule has 0 bridgehead atoms. The molecular weight excluding hydrogens is 280 g/mol. The van der Waals surface area contributed by atoms with Crippen molar-refractivity contribution in [1.82, 2.24) is 9.78 Å². The Labute approximate surface area is 120 Å². The Bertz CT molecular complexity index is 656. The summed E-state index contributed by atoms with van der Waals surface area (Å²) in [4.78, 5) is 11.4. The molecule has 2 aromatic rings. The van der Waals surface area contributed by atoms with E-state index >= 15 is 0 Å². The van der Waals surface area contributed by atoms with Crippen LogP contribution in [0.25, 0.3) is 0 Å². The van der Waals surface area contributed by atoms with Gasteiger partial charge in [0.15, 0.2) is 0 Å². The number of carbonyl (C=O) groups is 1. The van der Waals surface area contributed by atoms with Gasteiger partial charge in [-0.15, -0.1) is 0 Å². The molecule has 21 heavy (non-hydrogen) atoms. The third-order valence-electron chi connectivity index (χ3n) is 2.96. The van der Waals surface area contributed by atoms with Crippen molar-refractivity contribution in [1.29, 1.82) is 0 Å². The van der Waals surface area contributed by atoms with Crippen LogP contribution in [0, 0.1) is 11.6 Å². The van der Waals surface area contributed by atoms with E-state index in [2.05, 4.69) is 15.2 Å². The van der Waals surface area contributed by atoms with Crippen LogP contribution in [0.5, 0.6) is 0 Å². The highest BCUT2D eigenvalue weighted by atomic mass is 19.1. The zero-order valence-corrected chi connectivity index (χ0v) is 11.7. The molecule has 0 radical (unpaired) electrons. The lowest BCUT2D eigenvalue weighted by atomic mass is 10.1. The van der Waals surface area contributed by atoms with Crippen LogP contribution in [0.1, 0.15) is 22.8 Å². The van der Waals surface area contributed by atoms with Gasteiger partial charge in [0.1, 0.15) is 11.6 Å². The maximum atomic E-state index is 13.7. The van der Waals surface area contributed by atoms with E-state index in [4.69, 9.17) is 0 Å². The van der Waals surface area contributed by atoms with Crippen molar-refractivity contribution in [3.8, 4) is 0 Å². The third-order valence-corrected chi connectivity index (χ3v) is 2.96. The molecule has 1 aromatic carbocycles. The molecule has 0 aliphatic carbocycles. The summed E-state index contributed by atoms with van der Waals surface area (Å²) in [5.41, 5.74) is 0.562. The van der Waals surface area contributed by atoms with E-state index in [1.165, 1.54) is 0 Å². The van der Waals surface area contributed by atoms with Gasteiger partial charge in [0.2, 0.25) is 0 Å². The number of aryl methyl sites for hydroxylation is 1. The summed E-state index contributed by atoms with van der Waals surface area (Å²) < 4.78 is 33.4. The molecule has 0 atom stereocenters. The van der Waals surface area contributed by atoms with Crippen LogP contribution < -0.4 is 5.32 Å². The topological polar surface area (TPSA) is 56.2 Å². The number of methoxy groups -OCH3 is 1. The second kappa shape index (κ2) is 6.34. The minimum Gasteiger partial charge on any atom is -0.465 e. The molecular formula is C14H15F2N3O2. The fourth-order valence-corrected chi connectivity index (χ4v) is 1.82. The van der Waals surface area contributed by atoms with Crippen LogP contribution in [0.3, 0.4) is 0 Å². The van der Waals surface area contributed by atoms with E-state index in [1.807, 2.05) is 13.1 Å². The second-order valence-electron chi connectivity index (χ2n) is 4.36. The van der Waals surface area contributed by atoms with Gasteiger partial charge in [-0.3, -0.25) is 4.68 Å². The van der Waals surface area contributed by atoms with E-state index in [0.29, 0.717) is 12.6 Å². The molecule has 0 fully saturated rings. The van der Waals surface area contributed by atoms with Gasteiger partial charge in [0, 0.05) is 30.9 Å². The van der Waals surface area contributed by atoms with Crippen molar-refractivity contribution in [2.75, 3.05) is 12.4 Å². The van der Waals surface area contributed by atoms with Crippen molar-refractivity contribution in [2.24, 2.45) is 0 Å². The summed E-state index contributed by atoms with van der Waals surface area (Å²) in [5, 5.41) is 6.90. The first-order valence-electron chi connectivity index (χ1n) is 6.37. The number of esters is 1. The molecule has 0 amide bonds. The molecule has 1 aromatic heterocycles. The number of nitrogens with zero attached hydrogens (tertiary/aromatic N) is 2. The van der Waals surface area contributed by atoms with Gasteiger partial charge >= 0.3 is 5.97 Å². The number of carbonyl (C=O) groups excluding carboxylic acids is 1. The predicted molar refractivity (Wildman–Crippen MR) is 72.9 cm³/mol. The first-order chi connectivity index (χ1) is 10.0. The van der Waals surface area contributed by atoms with Crippen LogP contribution >= 0.6 is 0 Å². The lowest BCUT2D eigenvalue weighted by Crippen LogP contribution is -2.08. The number of aromatic nitrogens is 2. The Morgan fingerprint density at radius 3 is 2.76 bits per heavy atom. The highest BCUT2D eigenvalue weighted by Gasteiger charge is 2.16. The van der Waals surface area contributed by atoms with Gasteiger partial charge in [0.05, 0.1) is 24.6 Å². The summed E-state index contributed by atoms with van der Waals surface area (Å²) in [6.07, 6.45) is 3.47. The summed E-state index contributed by atoms with van der Waals surface area (Å²) in [6.45, 7) is 2.99. The molecule has 112 valence electrons. The largest absolute Gasteiger partial charge is 0.465 e. The van der Waals surface area contributed by atoms with E-state index in [9.17, 15) is 13.6 Å². The molecule has 0 saturated carbocycles. The minimum atomic E-state index is -0.955. The average molecular weight is 295 g/mol. The Morgan fingerprint density at radius 1 is 1.38 bits per heavy atom. The van der Waals surface area contributed by atoms with Crippen molar-refractivity contribution >= 4 is 11.7 Å². The maximum Gasteiger partial charge on any atom is 0.340 e. The standard InChI is InChI=1S/C14H15F2N3O2/c1-3-19-8-9(7-18-19)6-17-13-4-10(14(20)21-2)11(15)5-12(13)16/h4-5,7-8,17H,3,6H2,1-2H3. The fourth-order valence-electron chi connectivity index (χ4n) is 1.82. The molecule has 0 aliphatic heterocycles. The number of anilines is 1. The Balaban J connectivity index is 2.17. The number of nitrogens with one attached hydrogen (secondary N) is 1. The Kier molecular flexibility index (Phi) is 4.52. The van der Waals surface area contributed by atoms with Crippen LogP contribution in [0.15, 0.2) is 24.5 Å². The monoisotopic (exact) mass is 295 g/mol. The van der Waals surface area contributed by atoms with E-state index in [0.717, 1.165) is 25.3 Å². The molecule has 1 heterocycles. The summed E-state index contributed by atoms with van der Waals surface area (Å²) >= 11 is 0. The molecule has 0 spiro atoms. The van der Waals surface area contributed by atoms with E-state index in [-0.39, 0.29) is 11.3 Å². The molecule has 5 nitrogen and oxygen atoms in total. The number of benzene rings is 1. The van der Waals surface area contributed by atoms with Crippen molar-refractivity contribution in [3.63, 3.8) is 0 Å². The van der Waals surface area contributed by atoms with Gasteiger partial charge in [-0.25, -0.2) is 13.6 Å². The molecule has 1 N–H and O–H groups in total. The van der Waals surface area contributed by atoms with E-state index < -0.39 is 17.6 Å². The van der Waals surface area contributed by atoms with Crippen molar-refractivity contribution in [3.05, 3.63) is 47.3 Å². The highest BCUT2D eigenvalue weighted by molar-refractivity contribution is 5.90. The second-order valence-corrected chi connectivity index (χ2v) is 4.36. The first-order valence-corrected chi connectivity index (χ1v) is 6.37. The zero-order chi connectivity index (χ0) is 15.4. The van der Waals surface area contributed by atoms with Crippen molar-refractivity contribution < 1.29 is 18.3 Å². The molecule has 0 aliphatic rings. The fraction of sp³-hybridized carbons (Fsp3) is 0.286. The van der Waals surface area contributed by atoms with Crippen LogP contribution in [-0.2, 0) is 17.8 Å². The number of hydrogen-bond donors (Lipinski definition) is 1. The molecule has 2 rings (SSSR count). The lowest BCUT2D eigenvalue weighted by Gasteiger charge is -2.09. The van der Waals surface area contributed by atoms with E-state index in [1.54, 1.807) is 10.9 Å². The maximum absolute atomic E-state index is 13.7. The van der Waals surface area contributed by atoms with Crippen LogP contribution in [0.4, 0.5) is 14.5 Å². The zero-order valence-electron chi connectivity index (χ0n) is 11.7. The average Bonchev–Trinajstić information content (AvgIpc) is 2.93. The SMILES string of the molecule is CCn1cc(CNc2cc(C(=O)OC)c(F)cc2F)cn1. The third kappa shape index (κ3) is 3.36. The summed E-state index contributed by atoms with van der Waals surface area (Å²) in [7, 11) is 1.14. The minimum absolute atomic E-state index is 0.0287. The van der Waals surface area contributed by atoms with Crippen molar-refractivity contribution in [2.45, 2.75) is 20.0 Å². The Morgan fingerprint density at radius 2 is 2.14 bits per heavy atom. The van der Waals surface area contributed by atoms with Crippen LogP contribution in [-0.4, -0.2) is 22.9 Å². The predicted octanol–water partition coefficient (Wildman–Crippen LogP) is 2.58. The Hall–Kier alpha value is -2.44. The smallest absolute Gasteiger partial charge is 0.340 e. The summed E-state index contributed by atoms with van der Waals surface area (Å²) in [5.74, 6) is -2.58. The first kappa shape index (κ1) is 15.0. The van der Waals surface area contributed by atoms with Gasteiger partial charge < -0.3 is 10.1 Å². The molecule has 0 saturated heterocycles. The summed E-state index contributed by atoms with van der Waals surface area (Å²) in [6, 6.07) is 1.75. The molecule has 7 heteroatoms. The van der Waals surface area contributed by atoms with Crippen LogP contribution in [0.2, 0.25) is 0 Å². The number of ether oxygens (including phenoxy) is 1. The highest BCUT2D eigenvalue weighted by Crippen LogP contribution is 2.21. The quantitative estimate of drug-likeness (QED) is 0.861. The number of halogens is 2. The number of rotatable bonds is 5. The van der Waals surface area contributed by atoms with Gasteiger partial charge in [-0.2, -0.15) is 5.10 Å². The normalized spacial score (nSPS) is 10.5.